The SMILES string of the molecule is CO[C@@H]1C(=O)N(c2ccccc2C#N)[C@H]1[C@H](C)[C@H](O)c1ccccc1. The van der Waals surface area contributed by atoms with Crippen LogP contribution in [-0.4, -0.2) is 30.3 Å². The average molecular weight is 336 g/mol. The number of nitriles is 1. The molecule has 0 radical (unpaired) electrons. The fourth-order valence-corrected chi connectivity index (χ4v) is 3.43. The molecule has 5 heteroatoms. The van der Waals surface area contributed by atoms with Gasteiger partial charge in [-0.2, -0.15) is 5.26 Å². The van der Waals surface area contributed by atoms with E-state index >= 15 is 0 Å². The minimum atomic E-state index is -0.742. The van der Waals surface area contributed by atoms with Gasteiger partial charge in [-0.15, -0.1) is 0 Å². The number of β-lactam (4-membered cyclic amide) rings is 1. The van der Waals surface area contributed by atoms with Crippen LogP contribution < -0.4 is 4.90 Å². The smallest absolute Gasteiger partial charge is 0.258 e. The third-order valence-corrected chi connectivity index (χ3v) is 4.80. The van der Waals surface area contributed by atoms with Gasteiger partial charge in [-0.05, 0) is 17.7 Å². The summed E-state index contributed by atoms with van der Waals surface area (Å²) in [6.45, 7) is 1.89. The maximum absolute atomic E-state index is 12.5. The van der Waals surface area contributed by atoms with Crippen LogP contribution in [0.2, 0.25) is 0 Å². The highest BCUT2D eigenvalue weighted by Gasteiger charge is 2.53. The lowest BCUT2D eigenvalue weighted by Gasteiger charge is -2.50. The zero-order valence-corrected chi connectivity index (χ0v) is 14.2. The number of carbonyl (C=O) groups is 1. The lowest BCUT2D eigenvalue weighted by Crippen LogP contribution is -2.69. The Labute approximate surface area is 147 Å². The molecule has 0 spiro atoms. The molecule has 4 atom stereocenters. The topological polar surface area (TPSA) is 73.6 Å². The van der Waals surface area contributed by atoms with Gasteiger partial charge in [0.15, 0.2) is 6.10 Å². The average Bonchev–Trinajstić information content (AvgIpc) is 2.66. The van der Waals surface area contributed by atoms with Gasteiger partial charge in [-0.3, -0.25) is 4.79 Å². The number of nitrogens with zero attached hydrogens (tertiary/aromatic N) is 2. The van der Waals surface area contributed by atoms with Crippen molar-refractivity contribution in [3.8, 4) is 6.07 Å². The largest absolute Gasteiger partial charge is 0.388 e. The maximum Gasteiger partial charge on any atom is 0.258 e. The van der Waals surface area contributed by atoms with Crippen molar-refractivity contribution in [3.63, 3.8) is 0 Å². The first-order valence-corrected chi connectivity index (χ1v) is 8.18. The third kappa shape index (κ3) is 2.91. The first kappa shape index (κ1) is 17.2. The predicted octanol–water partition coefficient (Wildman–Crippen LogP) is 2.66. The van der Waals surface area contributed by atoms with Crippen LogP contribution in [0.1, 0.15) is 24.2 Å². The first-order valence-electron chi connectivity index (χ1n) is 8.18. The van der Waals surface area contributed by atoms with Gasteiger partial charge in [0.2, 0.25) is 0 Å². The van der Waals surface area contributed by atoms with E-state index in [0.717, 1.165) is 5.56 Å². The van der Waals surface area contributed by atoms with E-state index in [-0.39, 0.29) is 17.9 Å². The summed E-state index contributed by atoms with van der Waals surface area (Å²) in [7, 11) is 1.49. The molecule has 1 aliphatic rings. The van der Waals surface area contributed by atoms with E-state index in [1.807, 2.05) is 37.3 Å². The van der Waals surface area contributed by atoms with E-state index < -0.39 is 12.2 Å². The van der Waals surface area contributed by atoms with E-state index in [2.05, 4.69) is 6.07 Å². The molecule has 1 N–H and O–H groups in total. The van der Waals surface area contributed by atoms with Gasteiger partial charge in [-0.1, -0.05) is 49.4 Å². The summed E-state index contributed by atoms with van der Waals surface area (Å²) in [5.74, 6) is -0.459. The summed E-state index contributed by atoms with van der Waals surface area (Å²) in [5, 5.41) is 20.1. The number of hydrogen-bond acceptors (Lipinski definition) is 4. The van der Waals surface area contributed by atoms with Crippen LogP contribution in [0.4, 0.5) is 5.69 Å². The second-order valence-corrected chi connectivity index (χ2v) is 6.20. The van der Waals surface area contributed by atoms with Gasteiger partial charge >= 0.3 is 0 Å². The van der Waals surface area contributed by atoms with Gasteiger partial charge < -0.3 is 14.7 Å². The maximum atomic E-state index is 12.5. The highest BCUT2D eigenvalue weighted by Crippen LogP contribution is 2.39. The van der Waals surface area contributed by atoms with E-state index in [1.165, 1.54) is 7.11 Å². The molecule has 2 aromatic rings. The summed E-state index contributed by atoms with van der Waals surface area (Å²) in [4.78, 5) is 14.1. The van der Waals surface area contributed by atoms with Crippen LogP contribution in [0.5, 0.6) is 0 Å². The Morgan fingerprint density at radius 1 is 1.16 bits per heavy atom. The number of methoxy groups -OCH3 is 1. The second kappa shape index (κ2) is 7.06. The Kier molecular flexibility index (Phi) is 4.84. The molecule has 0 saturated carbocycles. The molecular weight excluding hydrogens is 316 g/mol. The van der Waals surface area contributed by atoms with Crippen LogP contribution in [0.3, 0.4) is 0 Å². The Bertz CT molecular complexity index is 800. The molecule has 1 amide bonds. The standard InChI is InChI=1S/C20H20N2O3/c1-13(18(23)14-8-4-3-5-9-14)17-19(25-2)20(24)22(17)16-11-7-6-10-15(16)12-21/h3-11,13,17-19,23H,1-2H3/t13-,17-,18-,19-/m0/s1. The lowest BCUT2D eigenvalue weighted by molar-refractivity contribution is -0.143. The van der Waals surface area contributed by atoms with Gasteiger partial charge in [-0.25, -0.2) is 0 Å². The quantitative estimate of drug-likeness (QED) is 0.852. The summed E-state index contributed by atoms with van der Waals surface area (Å²) in [6, 6.07) is 18.1. The van der Waals surface area contributed by atoms with Gasteiger partial charge in [0, 0.05) is 13.0 Å². The summed E-state index contributed by atoms with van der Waals surface area (Å²) < 4.78 is 5.36. The molecule has 1 saturated heterocycles. The van der Waals surface area contributed by atoms with Crippen LogP contribution in [-0.2, 0) is 9.53 Å². The van der Waals surface area contributed by atoms with Crippen molar-refractivity contribution in [2.45, 2.75) is 25.2 Å². The molecular formula is C20H20N2O3. The molecule has 5 nitrogen and oxygen atoms in total. The number of rotatable bonds is 5. The third-order valence-electron chi connectivity index (χ3n) is 4.80. The zero-order chi connectivity index (χ0) is 18.0. The summed E-state index contributed by atoms with van der Waals surface area (Å²) >= 11 is 0. The Balaban J connectivity index is 1.94. The van der Waals surface area contributed by atoms with Crippen LogP contribution in [0.15, 0.2) is 54.6 Å². The van der Waals surface area contributed by atoms with Gasteiger partial charge in [0.25, 0.3) is 5.91 Å². The van der Waals surface area contributed by atoms with Crippen molar-refractivity contribution in [2.24, 2.45) is 5.92 Å². The molecule has 1 heterocycles. The number of amides is 1. The monoisotopic (exact) mass is 336 g/mol. The lowest BCUT2D eigenvalue weighted by atomic mass is 9.80. The minimum Gasteiger partial charge on any atom is -0.388 e. The van der Waals surface area contributed by atoms with Crippen molar-refractivity contribution in [2.75, 3.05) is 12.0 Å². The zero-order valence-electron chi connectivity index (χ0n) is 14.2. The van der Waals surface area contributed by atoms with E-state index in [4.69, 9.17) is 4.74 Å². The highest BCUT2D eigenvalue weighted by atomic mass is 16.5. The number of carbonyl (C=O) groups excluding carboxylic acids is 1. The number of hydrogen-bond donors (Lipinski definition) is 1. The highest BCUT2D eigenvalue weighted by molar-refractivity contribution is 6.05. The van der Waals surface area contributed by atoms with Gasteiger partial charge in [0.05, 0.1) is 23.4 Å². The van der Waals surface area contributed by atoms with Crippen molar-refractivity contribution in [3.05, 3.63) is 65.7 Å². The van der Waals surface area contributed by atoms with Crippen molar-refractivity contribution in [1.82, 2.24) is 0 Å². The molecule has 128 valence electrons. The number of benzene rings is 2. The number of para-hydroxylation sites is 1. The summed E-state index contributed by atoms with van der Waals surface area (Å²) in [5.41, 5.74) is 1.77. The number of aliphatic hydroxyl groups excluding tert-OH is 1. The van der Waals surface area contributed by atoms with Gasteiger partial charge in [0.1, 0.15) is 6.07 Å². The number of anilines is 1. The Hall–Kier alpha value is -2.68. The predicted molar refractivity (Wildman–Crippen MR) is 93.8 cm³/mol. The number of ether oxygens (including phenoxy) is 1. The normalized spacial score (nSPS) is 22.0. The van der Waals surface area contributed by atoms with Crippen molar-refractivity contribution < 1.29 is 14.6 Å². The molecule has 0 aliphatic carbocycles. The molecule has 2 aromatic carbocycles. The Morgan fingerprint density at radius 2 is 1.80 bits per heavy atom. The molecule has 1 fully saturated rings. The van der Waals surface area contributed by atoms with Crippen molar-refractivity contribution >= 4 is 11.6 Å². The second-order valence-electron chi connectivity index (χ2n) is 6.20. The molecule has 0 aromatic heterocycles. The molecule has 0 bridgehead atoms. The van der Waals surface area contributed by atoms with Crippen LogP contribution in [0, 0.1) is 17.2 Å². The fraction of sp³-hybridized carbons (Fsp3) is 0.300. The van der Waals surface area contributed by atoms with Crippen molar-refractivity contribution in [1.29, 1.82) is 5.26 Å². The van der Waals surface area contributed by atoms with Crippen LogP contribution >= 0.6 is 0 Å². The van der Waals surface area contributed by atoms with E-state index in [9.17, 15) is 15.2 Å². The Morgan fingerprint density at radius 3 is 2.44 bits per heavy atom. The molecule has 0 unspecified atom stereocenters. The molecule has 1 aliphatic heterocycles. The minimum absolute atomic E-state index is 0.192. The summed E-state index contributed by atoms with van der Waals surface area (Å²) in [6.07, 6.45) is -1.37. The fourth-order valence-electron chi connectivity index (χ4n) is 3.43. The molecule has 3 rings (SSSR count). The van der Waals surface area contributed by atoms with Crippen LogP contribution in [0.25, 0.3) is 0 Å². The number of aliphatic hydroxyl groups is 1. The van der Waals surface area contributed by atoms with E-state index in [0.29, 0.717) is 11.3 Å². The first-order chi connectivity index (χ1) is 12.1. The molecule has 25 heavy (non-hydrogen) atoms. The van der Waals surface area contributed by atoms with E-state index in [1.54, 1.807) is 29.2 Å².